The Hall–Kier alpha value is -2.26. The van der Waals surface area contributed by atoms with Crippen molar-refractivity contribution in [2.24, 2.45) is 16.7 Å². The number of hydrogen-bond donors (Lipinski definition) is 1. The maximum Gasteiger partial charge on any atom is 0.300 e. The SMILES string of the molecule is CC1(C)C2CCC1(COS(=O)[O-])C(=O)C2.Cc1ccccc1.O=S(=O)(O)c1c(F)c(F)c(F)c(F)c1F. The zero-order valence-electron chi connectivity index (χ0n) is 19.9. The van der Waals surface area contributed by atoms with Crippen molar-refractivity contribution in [3.63, 3.8) is 0 Å². The summed E-state index contributed by atoms with van der Waals surface area (Å²) in [5, 5.41) is 0. The van der Waals surface area contributed by atoms with Crippen molar-refractivity contribution in [2.45, 2.75) is 44.9 Å². The number of carbonyl (C=O) groups excluding carboxylic acids is 1. The van der Waals surface area contributed by atoms with E-state index in [1.165, 1.54) is 5.56 Å². The van der Waals surface area contributed by atoms with Crippen LogP contribution in [0.1, 0.15) is 38.7 Å². The lowest BCUT2D eigenvalue weighted by Gasteiger charge is -2.36. The van der Waals surface area contributed by atoms with Gasteiger partial charge in [-0.2, -0.15) is 8.42 Å². The zero-order chi connectivity index (χ0) is 28.3. The van der Waals surface area contributed by atoms with Crippen LogP contribution in [0.15, 0.2) is 35.2 Å². The van der Waals surface area contributed by atoms with Crippen LogP contribution < -0.4 is 0 Å². The number of fused-ring (bicyclic) bond motifs is 2. The summed E-state index contributed by atoms with van der Waals surface area (Å²) in [6.45, 7) is 6.20. The predicted molar refractivity (Wildman–Crippen MR) is 121 cm³/mol. The first kappa shape index (κ1) is 31.0. The first-order chi connectivity index (χ1) is 17.0. The van der Waals surface area contributed by atoms with E-state index in [1.54, 1.807) is 0 Å². The van der Waals surface area contributed by atoms with Gasteiger partial charge < -0.3 is 4.55 Å². The van der Waals surface area contributed by atoms with Crippen molar-refractivity contribution in [2.75, 3.05) is 6.61 Å². The van der Waals surface area contributed by atoms with E-state index in [4.69, 9.17) is 4.55 Å². The van der Waals surface area contributed by atoms with Gasteiger partial charge in [0.1, 0.15) is 5.78 Å². The topological polar surface area (TPSA) is 121 Å². The molecule has 0 saturated heterocycles. The van der Waals surface area contributed by atoms with E-state index in [0.717, 1.165) is 12.8 Å². The Morgan fingerprint density at radius 1 is 1.03 bits per heavy atom. The minimum atomic E-state index is -5.52. The molecule has 2 aliphatic rings. The van der Waals surface area contributed by atoms with Gasteiger partial charge >= 0.3 is 10.1 Å². The second-order valence-electron chi connectivity index (χ2n) is 9.16. The highest BCUT2D eigenvalue weighted by molar-refractivity contribution is 7.85. The van der Waals surface area contributed by atoms with Crippen LogP contribution in [-0.4, -0.2) is 34.1 Å². The lowest BCUT2D eigenvalue weighted by Crippen LogP contribution is -2.40. The minimum Gasteiger partial charge on any atom is -0.750 e. The highest BCUT2D eigenvalue weighted by atomic mass is 32.2. The van der Waals surface area contributed by atoms with Gasteiger partial charge in [0.2, 0.25) is 5.82 Å². The van der Waals surface area contributed by atoms with E-state index in [9.17, 15) is 43.9 Å². The second kappa shape index (κ2) is 11.6. The van der Waals surface area contributed by atoms with Crippen molar-refractivity contribution in [1.29, 1.82) is 0 Å². The fourth-order valence-electron chi connectivity index (χ4n) is 4.60. The maximum atomic E-state index is 12.6. The van der Waals surface area contributed by atoms with Crippen molar-refractivity contribution in [3.05, 3.63) is 65.0 Å². The summed E-state index contributed by atoms with van der Waals surface area (Å²) in [5.74, 6) is -12.0. The summed E-state index contributed by atoms with van der Waals surface area (Å²) >= 11 is -2.52. The normalized spacial score (nSPS) is 22.5. The molecule has 206 valence electrons. The molecule has 0 heterocycles. The number of rotatable bonds is 4. The van der Waals surface area contributed by atoms with E-state index in [2.05, 4.69) is 23.2 Å². The molecule has 37 heavy (non-hydrogen) atoms. The van der Waals surface area contributed by atoms with Gasteiger partial charge in [0.15, 0.2) is 28.2 Å². The number of hydrogen-bond acceptors (Lipinski definition) is 6. The molecule has 1 N–H and O–H groups in total. The molecule has 3 atom stereocenters. The second-order valence-corrected chi connectivity index (χ2v) is 11.2. The summed E-state index contributed by atoms with van der Waals surface area (Å²) in [5.41, 5.74) is 0.642. The summed E-state index contributed by atoms with van der Waals surface area (Å²) in [6.07, 6.45) is 2.36. The zero-order valence-corrected chi connectivity index (χ0v) is 21.5. The average molecular weight is 572 g/mol. The van der Waals surface area contributed by atoms with Crippen molar-refractivity contribution < 1.29 is 52.7 Å². The van der Waals surface area contributed by atoms with Crippen molar-refractivity contribution >= 4 is 27.3 Å². The third-order valence-corrected chi connectivity index (χ3v) is 8.09. The highest BCUT2D eigenvalue weighted by Crippen LogP contribution is 2.63. The standard InChI is InChI=1S/C10H16O4S.C7H8.C6HF5O3S/c1-9(2)7-3-4-10(9,8(11)5-7)6-14-15(12)13;1-7-5-3-2-4-6-7;7-1-2(8)4(10)6(15(12,13)14)5(11)3(1)9/h7H,3-6H2,1-2H3,(H,12,13);2-6H,1H3;(H,12,13,14)/p-1. The molecule has 2 bridgehead atoms. The molecule has 2 aromatic carbocycles. The van der Waals surface area contributed by atoms with Gasteiger partial charge in [-0.1, -0.05) is 49.7 Å². The van der Waals surface area contributed by atoms with Gasteiger partial charge in [0, 0.05) is 6.42 Å². The fraction of sp³-hybridized carbons (Fsp3) is 0.435. The minimum absolute atomic E-state index is 0.0193. The van der Waals surface area contributed by atoms with Gasteiger partial charge in [-0.15, -0.1) is 0 Å². The van der Waals surface area contributed by atoms with E-state index < -0.39 is 60.9 Å². The van der Waals surface area contributed by atoms with E-state index >= 15 is 0 Å². The van der Waals surface area contributed by atoms with E-state index in [0.29, 0.717) is 12.3 Å². The molecular formula is C23H24F5O7S2-. The molecule has 7 nitrogen and oxygen atoms in total. The summed E-state index contributed by atoms with van der Waals surface area (Å²) in [6, 6.07) is 10.3. The lowest BCUT2D eigenvalue weighted by atomic mass is 9.69. The van der Waals surface area contributed by atoms with Crippen LogP contribution in [0.3, 0.4) is 0 Å². The van der Waals surface area contributed by atoms with Gasteiger partial charge in [-0.05, 0) is 31.1 Å². The van der Waals surface area contributed by atoms with Crippen LogP contribution in [0.4, 0.5) is 22.0 Å². The van der Waals surface area contributed by atoms with Crippen LogP contribution in [-0.2, 0) is 30.5 Å². The Bertz CT molecular complexity index is 1260. The molecule has 0 aliphatic heterocycles. The van der Waals surface area contributed by atoms with Gasteiger partial charge in [-0.25, -0.2) is 26.2 Å². The molecule has 0 amide bonds. The molecule has 2 fully saturated rings. The number of ketones is 1. The molecule has 4 rings (SSSR count). The van der Waals surface area contributed by atoms with Crippen LogP contribution >= 0.6 is 0 Å². The van der Waals surface area contributed by atoms with Gasteiger partial charge in [0.05, 0.1) is 23.4 Å². The Morgan fingerprint density at radius 2 is 1.51 bits per heavy atom. The largest absolute Gasteiger partial charge is 0.750 e. The maximum absolute atomic E-state index is 12.6. The third kappa shape index (κ3) is 6.42. The number of aryl methyl sites for hydroxylation is 1. The van der Waals surface area contributed by atoms with Gasteiger partial charge in [0.25, 0.3) is 0 Å². The summed E-state index contributed by atoms with van der Waals surface area (Å²) < 4.78 is 117. The van der Waals surface area contributed by atoms with Crippen LogP contribution in [0.5, 0.6) is 0 Å². The van der Waals surface area contributed by atoms with Crippen molar-refractivity contribution in [3.8, 4) is 0 Å². The van der Waals surface area contributed by atoms with Crippen LogP contribution in [0.25, 0.3) is 0 Å². The quantitative estimate of drug-likeness (QED) is 0.184. The Balaban J connectivity index is 0.000000208. The van der Waals surface area contributed by atoms with E-state index in [-0.39, 0.29) is 17.8 Å². The molecule has 2 aromatic rings. The highest BCUT2D eigenvalue weighted by Gasteiger charge is 2.64. The molecule has 0 aromatic heterocycles. The molecule has 2 aliphatic carbocycles. The molecule has 0 spiro atoms. The third-order valence-electron chi connectivity index (χ3n) is 6.91. The average Bonchev–Trinajstić information content (AvgIpc) is 3.16. The van der Waals surface area contributed by atoms with E-state index in [1.807, 2.05) is 32.0 Å². The Kier molecular flexibility index (Phi) is 9.74. The molecule has 2 saturated carbocycles. The first-order valence-electron chi connectivity index (χ1n) is 10.7. The smallest absolute Gasteiger partial charge is 0.300 e. The molecule has 0 radical (unpaired) electrons. The molecular weight excluding hydrogens is 547 g/mol. The van der Waals surface area contributed by atoms with Crippen LogP contribution in [0, 0.1) is 52.8 Å². The summed E-state index contributed by atoms with van der Waals surface area (Å²) in [7, 11) is -5.52. The lowest BCUT2D eigenvalue weighted by molar-refractivity contribution is -0.131. The number of Topliss-reactive ketones (excluding diaryl/α,β-unsaturated/α-hetero) is 1. The number of carbonyl (C=O) groups is 1. The van der Waals surface area contributed by atoms with Crippen molar-refractivity contribution in [1.82, 2.24) is 0 Å². The molecule has 14 heteroatoms. The number of benzene rings is 2. The monoisotopic (exact) mass is 571 g/mol. The molecule has 3 unspecified atom stereocenters. The first-order valence-corrected chi connectivity index (χ1v) is 13.2. The van der Waals surface area contributed by atoms with Crippen LogP contribution in [0.2, 0.25) is 0 Å². The predicted octanol–water partition coefficient (Wildman–Crippen LogP) is 4.82. The fourth-order valence-corrected chi connectivity index (χ4v) is 5.53. The number of halogens is 5. The van der Waals surface area contributed by atoms with Gasteiger partial charge in [-0.3, -0.25) is 13.5 Å². The summed E-state index contributed by atoms with van der Waals surface area (Å²) in [4.78, 5) is 9.64. The Labute approximate surface area is 213 Å². The Morgan fingerprint density at radius 3 is 1.84 bits per heavy atom.